The van der Waals surface area contributed by atoms with Crippen molar-refractivity contribution in [3.05, 3.63) is 34.2 Å². The SMILES string of the molecule is COC(=O)c1cccn(CC(=O)O)c1=O. The third-order valence-corrected chi connectivity index (χ3v) is 1.73. The number of carbonyl (C=O) groups is 2. The standard InChI is InChI=1S/C9H9NO5/c1-15-9(14)6-3-2-4-10(8(6)13)5-7(11)12/h2-4H,5H2,1H3,(H,11,12). The zero-order valence-corrected chi connectivity index (χ0v) is 7.97. The first-order chi connectivity index (χ1) is 7.06. The van der Waals surface area contributed by atoms with E-state index in [0.717, 1.165) is 11.7 Å². The Bertz CT molecular complexity index is 448. The molecule has 1 rings (SSSR count). The van der Waals surface area contributed by atoms with E-state index in [0.29, 0.717) is 0 Å². The van der Waals surface area contributed by atoms with E-state index in [2.05, 4.69) is 4.74 Å². The van der Waals surface area contributed by atoms with E-state index in [1.165, 1.54) is 18.3 Å². The molecule has 6 nitrogen and oxygen atoms in total. The summed E-state index contributed by atoms with van der Waals surface area (Å²) < 4.78 is 5.30. The van der Waals surface area contributed by atoms with Crippen LogP contribution in [0.5, 0.6) is 0 Å². The Balaban J connectivity index is 3.17. The van der Waals surface area contributed by atoms with Gasteiger partial charge in [-0.05, 0) is 12.1 Å². The number of aromatic nitrogens is 1. The maximum atomic E-state index is 11.5. The predicted molar refractivity (Wildman–Crippen MR) is 49.7 cm³/mol. The molecular formula is C9H9NO5. The van der Waals surface area contributed by atoms with Crippen LogP contribution in [0.25, 0.3) is 0 Å². The fourth-order valence-corrected chi connectivity index (χ4v) is 1.07. The molecule has 0 unspecified atom stereocenters. The molecule has 1 N–H and O–H groups in total. The van der Waals surface area contributed by atoms with E-state index >= 15 is 0 Å². The van der Waals surface area contributed by atoms with Crippen molar-refractivity contribution in [1.82, 2.24) is 4.57 Å². The summed E-state index contributed by atoms with van der Waals surface area (Å²) in [7, 11) is 1.15. The average molecular weight is 211 g/mol. The Kier molecular flexibility index (Phi) is 3.22. The summed E-state index contributed by atoms with van der Waals surface area (Å²) in [5.74, 6) is -1.93. The highest BCUT2D eigenvalue weighted by molar-refractivity contribution is 5.88. The first kappa shape index (κ1) is 11.0. The second-order valence-electron chi connectivity index (χ2n) is 2.74. The molecule has 0 bridgehead atoms. The Hall–Kier alpha value is -2.11. The van der Waals surface area contributed by atoms with Crippen LogP contribution in [-0.4, -0.2) is 28.7 Å². The third kappa shape index (κ3) is 2.43. The molecule has 0 aliphatic carbocycles. The number of carbonyl (C=O) groups excluding carboxylic acids is 1. The highest BCUT2D eigenvalue weighted by atomic mass is 16.5. The minimum atomic E-state index is -1.15. The molecular weight excluding hydrogens is 202 g/mol. The number of aliphatic carboxylic acids is 1. The van der Waals surface area contributed by atoms with E-state index in [1.807, 2.05) is 0 Å². The van der Waals surface area contributed by atoms with Crippen LogP contribution in [0.4, 0.5) is 0 Å². The number of esters is 1. The largest absolute Gasteiger partial charge is 0.480 e. The molecule has 0 saturated carbocycles. The number of hydrogen-bond donors (Lipinski definition) is 1. The van der Waals surface area contributed by atoms with Crippen LogP contribution in [-0.2, 0) is 16.1 Å². The van der Waals surface area contributed by atoms with Gasteiger partial charge in [0.05, 0.1) is 7.11 Å². The van der Waals surface area contributed by atoms with Crippen molar-refractivity contribution in [1.29, 1.82) is 0 Å². The first-order valence-corrected chi connectivity index (χ1v) is 4.06. The number of rotatable bonds is 3. The molecule has 0 fully saturated rings. The Morgan fingerprint density at radius 1 is 1.53 bits per heavy atom. The third-order valence-electron chi connectivity index (χ3n) is 1.73. The van der Waals surface area contributed by atoms with Gasteiger partial charge in [0.1, 0.15) is 12.1 Å². The van der Waals surface area contributed by atoms with Gasteiger partial charge in [-0.15, -0.1) is 0 Å². The number of methoxy groups -OCH3 is 1. The lowest BCUT2D eigenvalue weighted by molar-refractivity contribution is -0.137. The van der Waals surface area contributed by atoms with Gasteiger partial charge >= 0.3 is 11.9 Å². The van der Waals surface area contributed by atoms with E-state index < -0.39 is 24.0 Å². The molecule has 1 aromatic rings. The molecule has 15 heavy (non-hydrogen) atoms. The Morgan fingerprint density at radius 3 is 2.73 bits per heavy atom. The number of hydrogen-bond acceptors (Lipinski definition) is 4. The molecule has 80 valence electrons. The van der Waals surface area contributed by atoms with Crippen molar-refractivity contribution in [3.63, 3.8) is 0 Å². The zero-order chi connectivity index (χ0) is 11.4. The molecule has 0 amide bonds. The molecule has 0 spiro atoms. The highest BCUT2D eigenvalue weighted by Gasteiger charge is 2.12. The maximum Gasteiger partial charge on any atom is 0.343 e. The van der Waals surface area contributed by atoms with Crippen molar-refractivity contribution in [2.24, 2.45) is 0 Å². The van der Waals surface area contributed by atoms with Crippen LogP contribution < -0.4 is 5.56 Å². The number of pyridine rings is 1. The smallest absolute Gasteiger partial charge is 0.343 e. The van der Waals surface area contributed by atoms with E-state index in [9.17, 15) is 14.4 Å². The van der Waals surface area contributed by atoms with Crippen LogP contribution in [0.2, 0.25) is 0 Å². The topological polar surface area (TPSA) is 85.6 Å². The van der Waals surface area contributed by atoms with Crippen molar-refractivity contribution in [2.45, 2.75) is 6.54 Å². The van der Waals surface area contributed by atoms with E-state index in [-0.39, 0.29) is 5.56 Å². The van der Waals surface area contributed by atoms with E-state index in [4.69, 9.17) is 5.11 Å². The normalized spacial score (nSPS) is 9.67. The number of nitrogens with zero attached hydrogens (tertiary/aromatic N) is 1. The molecule has 1 aromatic heterocycles. The molecule has 0 aliphatic heterocycles. The van der Waals surface area contributed by atoms with Gasteiger partial charge in [-0.1, -0.05) is 0 Å². The second-order valence-corrected chi connectivity index (χ2v) is 2.74. The fourth-order valence-electron chi connectivity index (χ4n) is 1.07. The van der Waals surface area contributed by atoms with Gasteiger partial charge in [0.2, 0.25) is 0 Å². The minimum Gasteiger partial charge on any atom is -0.480 e. The summed E-state index contributed by atoms with van der Waals surface area (Å²) in [5.41, 5.74) is -0.854. The lowest BCUT2D eigenvalue weighted by Crippen LogP contribution is -2.28. The number of carboxylic acids is 1. The monoisotopic (exact) mass is 211 g/mol. The van der Waals surface area contributed by atoms with Crippen LogP contribution >= 0.6 is 0 Å². The lowest BCUT2D eigenvalue weighted by Gasteiger charge is -2.03. The number of carboxylic acid groups (broad SMARTS) is 1. The van der Waals surface area contributed by atoms with Crippen molar-refractivity contribution >= 4 is 11.9 Å². The summed E-state index contributed by atoms with van der Waals surface area (Å²) in [5, 5.41) is 8.50. The molecule has 1 heterocycles. The molecule has 0 radical (unpaired) electrons. The van der Waals surface area contributed by atoms with Gasteiger partial charge in [0, 0.05) is 6.20 Å². The summed E-state index contributed by atoms with van der Waals surface area (Å²) >= 11 is 0. The van der Waals surface area contributed by atoms with Gasteiger partial charge in [-0.3, -0.25) is 9.59 Å². The summed E-state index contributed by atoms with van der Waals surface area (Å²) in [6, 6.07) is 2.70. The van der Waals surface area contributed by atoms with Crippen molar-refractivity contribution in [2.75, 3.05) is 7.11 Å². The van der Waals surface area contributed by atoms with Crippen LogP contribution in [0, 0.1) is 0 Å². The quantitative estimate of drug-likeness (QED) is 0.695. The maximum absolute atomic E-state index is 11.5. The first-order valence-electron chi connectivity index (χ1n) is 4.06. The molecule has 0 aliphatic rings. The predicted octanol–water partition coefficient (Wildman–Crippen LogP) is -0.281. The van der Waals surface area contributed by atoms with Crippen LogP contribution in [0.1, 0.15) is 10.4 Å². The Labute approximate surface area is 84.7 Å². The molecule has 0 saturated heterocycles. The van der Waals surface area contributed by atoms with Gasteiger partial charge in [-0.2, -0.15) is 0 Å². The average Bonchev–Trinajstić information content (AvgIpc) is 2.19. The molecule has 0 atom stereocenters. The van der Waals surface area contributed by atoms with Gasteiger partial charge in [-0.25, -0.2) is 4.79 Å². The molecule has 6 heteroatoms. The van der Waals surface area contributed by atoms with Crippen molar-refractivity contribution < 1.29 is 19.4 Å². The molecule has 0 aromatic carbocycles. The van der Waals surface area contributed by atoms with Gasteiger partial charge < -0.3 is 14.4 Å². The second kappa shape index (κ2) is 4.41. The van der Waals surface area contributed by atoms with Crippen molar-refractivity contribution in [3.8, 4) is 0 Å². The van der Waals surface area contributed by atoms with Gasteiger partial charge in [0.15, 0.2) is 0 Å². The lowest BCUT2D eigenvalue weighted by atomic mass is 10.3. The summed E-state index contributed by atoms with van der Waals surface area (Å²) in [4.78, 5) is 33.0. The summed E-state index contributed by atoms with van der Waals surface area (Å²) in [6.07, 6.45) is 1.29. The summed E-state index contributed by atoms with van der Waals surface area (Å²) in [6.45, 7) is -0.482. The Morgan fingerprint density at radius 2 is 2.20 bits per heavy atom. The van der Waals surface area contributed by atoms with Crippen LogP contribution in [0.15, 0.2) is 23.1 Å². The van der Waals surface area contributed by atoms with Crippen LogP contribution in [0.3, 0.4) is 0 Å². The van der Waals surface area contributed by atoms with Gasteiger partial charge in [0.25, 0.3) is 5.56 Å². The van der Waals surface area contributed by atoms with E-state index in [1.54, 1.807) is 0 Å². The number of ether oxygens (including phenoxy) is 1. The fraction of sp³-hybridized carbons (Fsp3) is 0.222. The minimum absolute atomic E-state index is 0.179. The highest BCUT2D eigenvalue weighted by Crippen LogP contribution is 1.94. The zero-order valence-electron chi connectivity index (χ0n) is 7.97.